The van der Waals surface area contributed by atoms with Gasteiger partial charge >= 0.3 is 0 Å². The van der Waals surface area contributed by atoms with Gasteiger partial charge in [-0.15, -0.1) is 0 Å². The largest absolute Gasteiger partial charge is 0.396 e. The van der Waals surface area contributed by atoms with Gasteiger partial charge in [0.05, 0.1) is 0 Å². The van der Waals surface area contributed by atoms with Gasteiger partial charge in [0.2, 0.25) is 0 Å². The lowest BCUT2D eigenvalue weighted by Gasteiger charge is -1.79. The second-order valence-electron chi connectivity index (χ2n) is 1.52. The highest BCUT2D eigenvalue weighted by Crippen LogP contribution is 1.78. The third-order valence-corrected chi connectivity index (χ3v) is 0.512. The summed E-state index contributed by atoms with van der Waals surface area (Å²) in [5, 5.41) is 16.9. The van der Waals surface area contributed by atoms with Gasteiger partial charge in [-0.05, 0) is 6.42 Å². The number of nitro groups is 1. The van der Waals surface area contributed by atoms with E-state index in [0.29, 0.717) is 6.61 Å². The molecule has 0 fully saturated rings. The molecule has 0 aliphatic carbocycles. The number of aliphatic hydroxyl groups excluding tert-OH is 1. The molecule has 0 radical (unpaired) electrons. The molecular formula is C5H13NO3. The number of hydrogen-bond acceptors (Lipinski definition) is 3. The lowest BCUT2D eigenvalue weighted by Crippen LogP contribution is -1.79. The van der Waals surface area contributed by atoms with Crippen molar-refractivity contribution in [1.82, 2.24) is 0 Å². The summed E-state index contributed by atoms with van der Waals surface area (Å²) in [6.45, 7) is 2.40. The Labute approximate surface area is 54.7 Å². The molecule has 0 aromatic carbocycles. The smallest absolute Gasteiger partial charge is 0.194 e. The zero-order valence-corrected chi connectivity index (χ0v) is 5.83. The summed E-state index contributed by atoms with van der Waals surface area (Å²) in [5.74, 6) is 0. The molecule has 0 atom stereocenters. The van der Waals surface area contributed by atoms with E-state index in [1.165, 1.54) is 0 Å². The van der Waals surface area contributed by atoms with Gasteiger partial charge in [0.25, 0.3) is 0 Å². The molecule has 0 spiro atoms. The van der Waals surface area contributed by atoms with Crippen molar-refractivity contribution < 1.29 is 10.0 Å². The van der Waals surface area contributed by atoms with Crippen molar-refractivity contribution in [3.63, 3.8) is 0 Å². The van der Waals surface area contributed by atoms with Crippen molar-refractivity contribution in [3.8, 4) is 0 Å². The normalized spacial score (nSPS) is 7.44. The maximum atomic E-state index is 8.81. The number of unbranched alkanes of at least 4 members (excludes halogenated alkanes) is 1. The molecule has 56 valence electrons. The molecule has 0 aliphatic heterocycles. The van der Waals surface area contributed by atoms with E-state index in [9.17, 15) is 0 Å². The first-order chi connectivity index (χ1) is 4.15. The highest BCUT2D eigenvalue weighted by Gasteiger charge is 1.69. The highest BCUT2D eigenvalue weighted by atomic mass is 16.6. The van der Waals surface area contributed by atoms with Gasteiger partial charge in [0, 0.05) is 11.5 Å². The fourth-order valence-corrected chi connectivity index (χ4v) is 0.158. The molecule has 0 bridgehead atoms. The molecule has 0 saturated carbocycles. The predicted molar refractivity (Wildman–Crippen MR) is 34.9 cm³/mol. The summed E-state index contributed by atoms with van der Waals surface area (Å²) in [5.41, 5.74) is 0. The Hall–Kier alpha value is -0.640. The molecule has 0 aromatic heterocycles. The van der Waals surface area contributed by atoms with Crippen LogP contribution in [0.5, 0.6) is 0 Å². The maximum Gasteiger partial charge on any atom is 0.194 e. The zero-order valence-electron chi connectivity index (χ0n) is 5.83. The molecule has 0 aliphatic rings. The van der Waals surface area contributed by atoms with Crippen molar-refractivity contribution in [1.29, 1.82) is 0 Å². The SMILES string of the molecule is CCCCO.C[N+](=O)[O-]. The van der Waals surface area contributed by atoms with Crippen LogP contribution in [-0.2, 0) is 0 Å². The van der Waals surface area contributed by atoms with Gasteiger partial charge < -0.3 is 5.11 Å². The molecule has 0 aromatic rings. The van der Waals surface area contributed by atoms with E-state index >= 15 is 0 Å². The topological polar surface area (TPSA) is 63.4 Å². The second kappa shape index (κ2) is 10.4. The molecule has 0 rings (SSSR count). The summed E-state index contributed by atoms with van der Waals surface area (Å²) in [6, 6.07) is 0. The first-order valence-corrected chi connectivity index (χ1v) is 2.84. The van der Waals surface area contributed by atoms with Crippen LogP contribution in [0.4, 0.5) is 0 Å². The fraction of sp³-hybridized carbons (Fsp3) is 1.00. The third kappa shape index (κ3) is 114. The van der Waals surface area contributed by atoms with Crippen molar-refractivity contribution in [2.75, 3.05) is 13.7 Å². The maximum absolute atomic E-state index is 8.81. The van der Waals surface area contributed by atoms with Gasteiger partial charge in [0.1, 0.15) is 0 Å². The van der Waals surface area contributed by atoms with Crippen LogP contribution in [0.15, 0.2) is 0 Å². The Morgan fingerprint density at radius 2 is 2.00 bits per heavy atom. The van der Waals surface area contributed by atoms with Crippen LogP contribution < -0.4 is 0 Å². The van der Waals surface area contributed by atoms with E-state index in [1.807, 2.05) is 0 Å². The number of aliphatic hydroxyl groups is 1. The van der Waals surface area contributed by atoms with Gasteiger partial charge in [-0.1, -0.05) is 13.3 Å². The van der Waals surface area contributed by atoms with Crippen LogP contribution >= 0.6 is 0 Å². The Balaban J connectivity index is 0. The second-order valence-corrected chi connectivity index (χ2v) is 1.52. The van der Waals surface area contributed by atoms with Crippen molar-refractivity contribution in [2.24, 2.45) is 0 Å². The molecule has 4 nitrogen and oxygen atoms in total. The molecule has 0 heterocycles. The summed E-state index contributed by atoms with van der Waals surface area (Å²) >= 11 is 0. The first-order valence-electron chi connectivity index (χ1n) is 2.84. The number of rotatable bonds is 2. The molecule has 0 unspecified atom stereocenters. The lowest BCUT2D eigenvalue weighted by molar-refractivity contribution is -0.445. The van der Waals surface area contributed by atoms with Crippen LogP contribution in [0.25, 0.3) is 0 Å². The minimum atomic E-state index is -0.500. The summed E-state index contributed by atoms with van der Waals surface area (Å²) in [4.78, 5) is 8.31. The number of hydrogen-bond donors (Lipinski definition) is 1. The van der Waals surface area contributed by atoms with Crippen LogP contribution in [0.3, 0.4) is 0 Å². The summed E-state index contributed by atoms with van der Waals surface area (Å²) in [6.07, 6.45) is 2.04. The van der Waals surface area contributed by atoms with Crippen LogP contribution in [0, 0.1) is 10.1 Å². The van der Waals surface area contributed by atoms with Crippen LogP contribution in [-0.4, -0.2) is 23.7 Å². The van der Waals surface area contributed by atoms with Gasteiger partial charge in [-0.2, -0.15) is 0 Å². The van der Waals surface area contributed by atoms with E-state index in [2.05, 4.69) is 6.92 Å². The van der Waals surface area contributed by atoms with Gasteiger partial charge in [-0.25, -0.2) is 0 Å². The monoisotopic (exact) mass is 135 g/mol. The van der Waals surface area contributed by atoms with Crippen LogP contribution in [0.1, 0.15) is 19.8 Å². The van der Waals surface area contributed by atoms with E-state index in [4.69, 9.17) is 15.2 Å². The first kappa shape index (κ1) is 11.2. The van der Waals surface area contributed by atoms with Crippen molar-refractivity contribution in [2.45, 2.75) is 19.8 Å². The highest BCUT2D eigenvalue weighted by molar-refractivity contribution is 4.23. The van der Waals surface area contributed by atoms with Crippen molar-refractivity contribution in [3.05, 3.63) is 10.1 Å². The molecule has 1 N–H and O–H groups in total. The average molecular weight is 135 g/mol. The van der Waals surface area contributed by atoms with Crippen LogP contribution in [0.2, 0.25) is 0 Å². The molecule has 0 amide bonds. The number of nitrogens with zero attached hydrogens (tertiary/aromatic N) is 1. The lowest BCUT2D eigenvalue weighted by atomic mass is 10.4. The summed E-state index contributed by atoms with van der Waals surface area (Å²) in [7, 11) is 0.889. The summed E-state index contributed by atoms with van der Waals surface area (Å²) < 4.78 is 0. The van der Waals surface area contributed by atoms with Crippen molar-refractivity contribution >= 4 is 0 Å². The fourth-order valence-electron chi connectivity index (χ4n) is 0.158. The molecule has 0 saturated heterocycles. The Morgan fingerprint density at radius 1 is 1.67 bits per heavy atom. The average Bonchev–Trinajstić information content (AvgIpc) is 1.66. The third-order valence-electron chi connectivity index (χ3n) is 0.512. The van der Waals surface area contributed by atoms with E-state index < -0.39 is 4.92 Å². The Morgan fingerprint density at radius 3 is 2.00 bits per heavy atom. The minimum absolute atomic E-state index is 0.344. The molecule has 9 heavy (non-hydrogen) atoms. The Kier molecular flexibility index (Phi) is 12.9. The Bertz CT molecular complexity index is 59.2. The van der Waals surface area contributed by atoms with Gasteiger partial charge in [0.15, 0.2) is 7.05 Å². The predicted octanol–water partition coefficient (Wildman–Crippen LogP) is 0.672. The minimum Gasteiger partial charge on any atom is -0.396 e. The van der Waals surface area contributed by atoms with Gasteiger partial charge in [-0.3, -0.25) is 10.1 Å². The zero-order chi connectivity index (χ0) is 7.70. The van der Waals surface area contributed by atoms with E-state index in [-0.39, 0.29) is 0 Å². The standard InChI is InChI=1S/C4H10O.CH3NO2/c1-2-3-4-5;1-2(3)4/h5H,2-4H2,1H3;1H3. The molecular weight excluding hydrogens is 122 g/mol. The van der Waals surface area contributed by atoms with E-state index in [0.717, 1.165) is 19.9 Å². The quantitative estimate of drug-likeness (QED) is 0.447. The van der Waals surface area contributed by atoms with E-state index in [1.54, 1.807) is 0 Å². The molecule has 4 heteroatoms.